The van der Waals surface area contributed by atoms with Crippen molar-refractivity contribution in [2.45, 2.75) is 26.3 Å². The van der Waals surface area contributed by atoms with Crippen molar-refractivity contribution < 1.29 is 0 Å². The standard InChI is InChI=1S/C18H23N3/c1-2-3-12-21(17-10-5-4-6-11-17)14-15-8-7-9-16(13-15)18(19)20/h4-11,13H,2-3,12,14H2,1H3,(H3,19,20). The quantitative estimate of drug-likeness (QED) is 0.599. The maximum atomic E-state index is 7.55. The molecule has 110 valence electrons. The molecule has 0 unspecified atom stereocenters. The normalized spacial score (nSPS) is 10.3. The van der Waals surface area contributed by atoms with Gasteiger partial charge in [0.1, 0.15) is 5.84 Å². The number of benzene rings is 2. The van der Waals surface area contributed by atoms with Crippen LogP contribution < -0.4 is 10.6 Å². The van der Waals surface area contributed by atoms with Crippen LogP contribution in [0.15, 0.2) is 54.6 Å². The first kappa shape index (κ1) is 15.1. The third kappa shape index (κ3) is 4.35. The molecule has 0 aliphatic rings. The molecule has 0 aromatic heterocycles. The largest absolute Gasteiger partial charge is 0.384 e. The van der Waals surface area contributed by atoms with Gasteiger partial charge in [-0.2, -0.15) is 0 Å². The highest BCUT2D eigenvalue weighted by Gasteiger charge is 2.07. The second-order valence-corrected chi connectivity index (χ2v) is 5.22. The smallest absolute Gasteiger partial charge is 0.122 e. The summed E-state index contributed by atoms with van der Waals surface area (Å²) in [6.07, 6.45) is 2.35. The van der Waals surface area contributed by atoms with Crippen molar-refractivity contribution in [2.24, 2.45) is 5.73 Å². The fourth-order valence-electron chi connectivity index (χ4n) is 2.34. The minimum Gasteiger partial charge on any atom is -0.384 e. The molecule has 2 aromatic carbocycles. The third-order valence-corrected chi connectivity index (χ3v) is 3.51. The summed E-state index contributed by atoms with van der Waals surface area (Å²) in [7, 11) is 0. The van der Waals surface area contributed by atoms with E-state index in [0.29, 0.717) is 0 Å². The Balaban J connectivity index is 2.18. The number of para-hydroxylation sites is 1. The van der Waals surface area contributed by atoms with Crippen LogP contribution in [0.1, 0.15) is 30.9 Å². The molecular weight excluding hydrogens is 258 g/mol. The number of nitrogens with one attached hydrogen (secondary N) is 1. The van der Waals surface area contributed by atoms with Crippen LogP contribution in [0.3, 0.4) is 0 Å². The van der Waals surface area contributed by atoms with E-state index in [1.165, 1.54) is 24.1 Å². The number of nitrogens with zero attached hydrogens (tertiary/aromatic N) is 1. The van der Waals surface area contributed by atoms with Gasteiger partial charge in [-0.05, 0) is 30.2 Å². The van der Waals surface area contributed by atoms with Gasteiger partial charge < -0.3 is 10.6 Å². The zero-order valence-corrected chi connectivity index (χ0v) is 12.5. The molecule has 0 spiro atoms. The maximum absolute atomic E-state index is 7.55. The van der Waals surface area contributed by atoms with Gasteiger partial charge in [0.15, 0.2) is 0 Å². The lowest BCUT2D eigenvalue weighted by atomic mass is 10.1. The van der Waals surface area contributed by atoms with E-state index < -0.39 is 0 Å². The lowest BCUT2D eigenvalue weighted by Crippen LogP contribution is -2.24. The summed E-state index contributed by atoms with van der Waals surface area (Å²) in [6, 6.07) is 18.4. The zero-order chi connectivity index (χ0) is 15.1. The first-order valence-electron chi connectivity index (χ1n) is 7.44. The number of nitrogens with two attached hydrogens (primary N) is 1. The van der Waals surface area contributed by atoms with Gasteiger partial charge in [-0.1, -0.05) is 49.7 Å². The molecule has 0 aliphatic carbocycles. The van der Waals surface area contributed by atoms with E-state index in [0.717, 1.165) is 18.7 Å². The topological polar surface area (TPSA) is 53.1 Å². The highest BCUT2D eigenvalue weighted by atomic mass is 15.1. The maximum Gasteiger partial charge on any atom is 0.122 e. The van der Waals surface area contributed by atoms with Gasteiger partial charge in [0.25, 0.3) is 0 Å². The Morgan fingerprint density at radius 3 is 2.52 bits per heavy atom. The van der Waals surface area contributed by atoms with E-state index in [1.54, 1.807) is 0 Å². The van der Waals surface area contributed by atoms with E-state index in [2.05, 4.69) is 42.2 Å². The molecule has 0 fully saturated rings. The first-order valence-corrected chi connectivity index (χ1v) is 7.44. The molecule has 0 radical (unpaired) electrons. The van der Waals surface area contributed by atoms with Gasteiger partial charge in [-0.3, -0.25) is 5.41 Å². The molecule has 2 aromatic rings. The van der Waals surface area contributed by atoms with Gasteiger partial charge in [0.05, 0.1) is 0 Å². The molecule has 0 heterocycles. The highest BCUT2D eigenvalue weighted by Crippen LogP contribution is 2.18. The predicted molar refractivity (Wildman–Crippen MR) is 89.9 cm³/mol. The van der Waals surface area contributed by atoms with E-state index in [-0.39, 0.29) is 5.84 Å². The molecule has 0 saturated heterocycles. The fraction of sp³-hybridized carbons (Fsp3) is 0.278. The number of hydrogen-bond acceptors (Lipinski definition) is 2. The van der Waals surface area contributed by atoms with Crippen LogP contribution in [0, 0.1) is 5.41 Å². The lowest BCUT2D eigenvalue weighted by molar-refractivity contribution is 0.716. The molecule has 0 amide bonds. The summed E-state index contributed by atoms with van der Waals surface area (Å²) >= 11 is 0. The van der Waals surface area contributed by atoms with Crippen LogP contribution >= 0.6 is 0 Å². The number of nitrogen functional groups attached to an aromatic ring is 1. The Morgan fingerprint density at radius 2 is 1.86 bits per heavy atom. The van der Waals surface area contributed by atoms with E-state index in [1.807, 2.05) is 24.3 Å². The van der Waals surface area contributed by atoms with Gasteiger partial charge in [-0.15, -0.1) is 0 Å². The minimum atomic E-state index is 0.122. The van der Waals surface area contributed by atoms with Crippen molar-refractivity contribution in [2.75, 3.05) is 11.4 Å². The molecule has 3 nitrogen and oxygen atoms in total. The number of amidine groups is 1. The molecule has 2 rings (SSSR count). The van der Waals surface area contributed by atoms with Crippen LogP contribution in [0.25, 0.3) is 0 Å². The highest BCUT2D eigenvalue weighted by molar-refractivity contribution is 5.95. The Hall–Kier alpha value is -2.29. The molecule has 0 aliphatic heterocycles. The summed E-state index contributed by atoms with van der Waals surface area (Å²) in [6.45, 7) is 4.08. The van der Waals surface area contributed by atoms with Crippen LogP contribution in [0.2, 0.25) is 0 Å². The number of anilines is 1. The Labute approximate surface area is 126 Å². The van der Waals surface area contributed by atoms with Gasteiger partial charge in [0, 0.05) is 24.3 Å². The third-order valence-electron chi connectivity index (χ3n) is 3.51. The molecule has 0 bridgehead atoms. The molecular formula is C18H23N3. The summed E-state index contributed by atoms with van der Waals surface area (Å²) in [5.74, 6) is 0.122. The zero-order valence-electron chi connectivity index (χ0n) is 12.5. The minimum absolute atomic E-state index is 0.122. The summed E-state index contributed by atoms with van der Waals surface area (Å²) in [4.78, 5) is 2.38. The molecule has 0 atom stereocenters. The molecule has 3 heteroatoms. The predicted octanol–water partition coefficient (Wildman–Crippen LogP) is 3.78. The van der Waals surface area contributed by atoms with E-state index in [4.69, 9.17) is 11.1 Å². The van der Waals surface area contributed by atoms with Crippen LogP contribution in [0.5, 0.6) is 0 Å². The Morgan fingerprint density at radius 1 is 1.10 bits per heavy atom. The average molecular weight is 281 g/mol. The van der Waals surface area contributed by atoms with Crippen LogP contribution in [0.4, 0.5) is 5.69 Å². The van der Waals surface area contributed by atoms with E-state index in [9.17, 15) is 0 Å². The number of rotatable bonds is 7. The summed E-state index contributed by atoms with van der Waals surface area (Å²) in [5, 5.41) is 7.55. The second kappa shape index (κ2) is 7.48. The van der Waals surface area contributed by atoms with Crippen molar-refractivity contribution in [3.05, 3.63) is 65.7 Å². The fourth-order valence-corrected chi connectivity index (χ4v) is 2.34. The Bertz CT molecular complexity index is 578. The number of hydrogen-bond donors (Lipinski definition) is 2. The van der Waals surface area contributed by atoms with Crippen LogP contribution in [-0.2, 0) is 6.54 Å². The monoisotopic (exact) mass is 281 g/mol. The van der Waals surface area contributed by atoms with Gasteiger partial charge in [0.2, 0.25) is 0 Å². The van der Waals surface area contributed by atoms with Crippen molar-refractivity contribution >= 4 is 11.5 Å². The van der Waals surface area contributed by atoms with Crippen molar-refractivity contribution in [1.82, 2.24) is 0 Å². The van der Waals surface area contributed by atoms with Gasteiger partial charge >= 0.3 is 0 Å². The lowest BCUT2D eigenvalue weighted by Gasteiger charge is -2.25. The average Bonchev–Trinajstić information content (AvgIpc) is 2.52. The second-order valence-electron chi connectivity index (χ2n) is 5.22. The summed E-state index contributed by atoms with van der Waals surface area (Å²) in [5.41, 5.74) is 8.78. The van der Waals surface area contributed by atoms with Crippen LogP contribution in [-0.4, -0.2) is 12.4 Å². The summed E-state index contributed by atoms with van der Waals surface area (Å²) < 4.78 is 0. The SMILES string of the molecule is CCCCN(Cc1cccc(C(=N)N)c1)c1ccccc1. The first-order chi connectivity index (χ1) is 10.2. The van der Waals surface area contributed by atoms with Crippen molar-refractivity contribution in [3.63, 3.8) is 0 Å². The van der Waals surface area contributed by atoms with E-state index >= 15 is 0 Å². The van der Waals surface area contributed by atoms with Crippen molar-refractivity contribution in [3.8, 4) is 0 Å². The van der Waals surface area contributed by atoms with Crippen molar-refractivity contribution in [1.29, 1.82) is 5.41 Å². The van der Waals surface area contributed by atoms with Gasteiger partial charge in [-0.25, -0.2) is 0 Å². The Kier molecular flexibility index (Phi) is 5.38. The molecule has 0 saturated carbocycles. The molecule has 21 heavy (non-hydrogen) atoms. The molecule has 3 N–H and O–H groups in total. The number of unbranched alkanes of at least 4 members (excludes halogenated alkanes) is 1.